The van der Waals surface area contributed by atoms with Crippen LogP contribution >= 0.6 is 15.9 Å². The summed E-state index contributed by atoms with van der Waals surface area (Å²) in [7, 11) is 0. The van der Waals surface area contributed by atoms with Gasteiger partial charge in [-0.1, -0.05) is 22.0 Å². The zero-order chi connectivity index (χ0) is 16.6. The first-order valence-corrected chi connectivity index (χ1v) is 8.28. The Morgan fingerprint density at radius 1 is 1.39 bits per heavy atom. The van der Waals surface area contributed by atoms with Gasteiger partial charge in [0, 0.05) is 29.7 Å². The van der Waals surface area contributed by atoms with Crippen molar-refractivity contribution in [1.29, 1.82) is 0 Å². The monoisotopic (exact) mass is 380 g/mol. The summed E-state index contributed by atoms with van der Waals surface area (Å²) in [6.07, 6.45) is 1.34. The molecule has 3 rings (SSSR count). The summed E-state index contributed by atoms with van der Waals surface area (Å²) >= 11 is 3.37. The van der Waals surface area contributed by atoms with E-state index in [1.165, 1.54) is 0 Å². The molecule has 1 unspecified atom stereocenters. The molecule has 7 heteroatoms. The second kappa shape index (κ2) is 5.96. The zero-order valence-electron chi connectivity index (χ0n) is 12.4. The molecule has 0 radical (unpaired) electrons. The Balaban J connectivity index is 1.61. The summed E-state index contributed by atoms with van der Waals surface area (Å²) in [6.45, 7) is 0.462. The Morgan fingerprint density at radius 2 is 2.13 bits per heavy atom. The number of amides is 2. The summed E-state index contributed by atoms with van der Waals surface area (Å²) in [5.41, 5.74) is -0.0358. The maximum absolute atomic E-state index is 12.2. The minimum Gasteiger partial charge on any atom is -0.481 e. The van der Waals surface area contributed by atoms with E-state index in [0.717, 1.165) is 10.2 Å². The Morgan fingerprint density at radius 3 is 2.74 bits per heavy atom. The van der Waals surface area contributed by atoms with Crippen LogP contribution in [0.15, 0.2) is 28.7 Å². The fraction of sp³-hybridized carbons (Fsp3) is 0.438. The molecule has 2 fully saturated rings. The third-order valence-corrected chi connectivity index (χ3v) is 5.02. The van der Waals surface area contributed by atoms with Crippen molar-refractivity contribution < 1.29 is 19.5 Å². The molecule has 6 nitrogen and oxygen atoms in total. The Kier molecular flexibility index (Phi) is 4.14. The molecule has 2 amide bonds. The van der Waals surface area contributed by atoms with Crippen molar-refractivity contribution in [3.63, 3.8) is 0 Å². The molecule has 0 aromatic heterocycles. The van der Waals surface area contributed by atoms with Crippen LogP contribution in [0.1, 0.15) is 19.3 Å². The first-order valence-electron chi connectivity index (χ1n) is 7.48. The number of hydrogen-bond acceptors (Lipinski definition) is 3. The van der Waals surface area contributed by atoms with Crippen LogP contribution in [0.5, 0.6) is 0 Å². The molecule has 122 valence electrons. The minimum absolute atomic E-state index is 0.0948. The van der Waals surface area contributed by atoms with Gasteiger partial charge in [0.2, 0.25) is 11.8 Å². The lowest BCUT2D eigenvalue weighted by Gasteiger charge is -2.17. The molecule has 0 bridgehead atoms. The lowest BCUT2D eigenvalue weighted by atomic mass is 10.1. The van der Waals surface area contributed by atoms with Gasteiger partial charge < -0.3 is 15.3 Å². The van der Waals surface area contributed by atoms with E-state index < -0.39 is 17.3 Å². The molecule has 1 atom stereocenters. The van der Waals surface area contributed by atoms with Gasteiger partial charge in [-0.3, -0.25) is 14.4 Å². The van der Waals surface area contributed by atoms with Crippen LogP contribution < -0.4 is 10.2 Å². The second-order valence-corrected chi connectivity index (χ2v) is 7.10. The van der Waals surface area contributed by atoms with Gasteiger partial charge in [0.15, 0.2) is 0 Å². The van der Waals surface area contributed by atoms with Crippen molar-refractivity contribution in [3.05, 3.63) is 28.7 Å². The summed E-state index contributed by atoms with van der Waals surface area (Å²) in [5, 5.41) is 11.8. The Labute approximate surface area is 142 Å². The highest BCUT2D eigenvalue weighted by molar-refractivity contribution is 9.10. The minimum atomic E-state index is -0.865. The van der Waals surface area contributed by atoms with Crippen molar-refractivity contribution >= 4 is 39.4 Å². The van der Waals surface area contributed by atoms with Crippen molar-refractivity contribution in [2.45, 2.75) is 19.3 Å². The normalized spacial score (nSPS) is 22.0. The molecular weight excluding hydrogens is 364 g/mol. The van der Waals surface area contributed by atoms with Gasteiger partial charge >= 0.3 is 5.97 Å². The number of hydrogen-bond donors (Lipinski definition) is 2. The first-order chi connectivity index (χ1) is 10.9. The summed E-state index contributed by atoms with van der Waals surface area (Å²) in [6, 6.07) is 7.37. The molecule has 1 saturated carbocycles. The van der Waals surface area contributed by atoms with Crippen molar-refractivity contribution in [1.82, 2.24) is 5.32 Å². The van der Waals surface area contributed by atoms with Crippen LogP contribution in [-0.2, 0) is 14.4 Å². The van der Waals surface area contributed by atoms with Gasteiger partial charge in [-0.25, -0.2) is 0 Å². The van der Waals surface area contributed by atoms with E-state index in [-0.39, 0.29) is 24.8 Å². The number of carbonyl (C=O) groups excluding carboxylic acids is 2. The smallest absolute Gasteiger partial charge is 0.311 e. The quantitative estimate of drug-likeness (QED) is 0.814. The highest BCUT2D eigenvalue weighted by Crippen LogP contribution is 2.45. The molecular formula is C16H17BrN2O4. The number of halogens is 1. The van der Waals surface area contributed by atoms with E-state index in [2.05, 4.69) is 21.2 Å². The third kappa shape index (κ3) is 3.24. The summed E-state index contributed by atoms with van der Waals surface area (Å²) in [4.78, 5) is 37.1. The molecule has 1 heterocycles. The van der Waals surface area contributed by atoms with Gasteiger partial charge in [0.05, 0.1) is 11.3 Å². The molecule has 0 spiro atoms. The SMILES string of the molecule is O=C(NCC1(C(=O)O)CC1)C1CC(=O)N(c2cccc(Br)c2)C1. The van der Waals surface area contributed by atoms with Crippen LogP contribution in [0.25, 0.3) is 0 Å². The molecule has 1 aliphatic carbocycles. The molecule has 1 aromatic carbocycles. The van der Waals surface area contributed by atoms with Crippen LogP contribution in [0.3, 0.4) is 0 Å². The number of carboxylic acid groups (broad SMARTS) is 1. The van der Waals surface area contributed by atoms with Crippen molar-refractivity contribution in [3.8, 4) is 0 Å². The highest BCUT2D eigenvalue weighted by atomic mass is 79.9. The van der Waals surface area contributed by atoms with Gasteiger partial charge in [-0.05, 0) is 31.0 Å². The molecule has 2 N–H and O–H groups in total. The molecule has 1 saturated heterocycles. The maximum atomic E-state index is 12.2. The third-order valence-electron chi connectivity index (χ3n) is 4.52. The molecule has 1 aliphatic heterocycles. The zero-order valence-corrected chi connectivity index (χ0v) is 14.0. The standard InChI is InChI=1S/C16H17BrN2O4/c17-11-2-1-3-12(7-11)19-8-10(6-13(19)20)14(21)18-9-16(4-5-16)15(22)23/h1-3,7,10H,4-6,8-9H2,(H,18,21)(H,22,23). The van der Waals surface area contributed by atoms with Crippen LogP contribution in [0, 0.1) is 11.3 Å². The fourth-order valence-corrected chi connectivity index (χ4v) is 3.18. The number of nitrogens with one attached hydrogen (secondary N) is 1. The van der Waals surface area contributed by atoms with E-state index in [1.54, 1.807) is 4.90 Å². The fourth-order valence-electron chi connectivity index (χ4n) is 2.79. The summed E-state index contributed by atoms with van der Waals surface area (Å²) < 4.78 is 0.868. The van der Waals surface area contributed by atoms with Crippen molar-refractivity contribution in [2.24, 2.45) is 11.3 Å². The van der Waals surface area contributed by atoms with Gasteiger partial charge in [0.1, 0.15) is 0 Å². The topological polar surface area (TPSA) is 86.7 Å². The molecule has 1 aromatic rings. The first kappa shape index (κ1) is 16.0. The average molecular weight is 381 g/mol. The van der Waals surface area contributed by atoms with E-state index in [4.69, 9.17) is 5.11 Å². The van der Waals surface area contributed by atoms with Gasteiger partial charge in [-0.2, -0.15) is 0 Å². The lowest BCUT2D eigenvalue weighted by Crippen LogP contribution is -2.38. The van der Waals surface area contributed by atoms with E-state index >= 15 is 0 Å². The van der Waals surface area contributed by atoms with E-state index in [1.807, 2.05) is 24.3 Å². The predicted octanol–water partition coefficient (Wildman–Crippen LogP) is 1.78. The number of carboxylic acids is 1. The van der Waals surface area contributed by atoms with Gasteiger partial charge in [-0.15, -0.1) is 0 Å². The summed E-state index contributed by atoms with van der Waals surface area (Å²) in [5.74, 6) is -1.65. The molecule has 2 aliphatic rings. The number of aliphatic carboxylic acids is 1. The largest absolute Gasteiger partial charge is 0.481 e. The number of nitrogens with zero attached hydrogens (tertiary/aromatic N) is 1. The number of anilines is 1. The number of benzene rings is 1. The van der Waals surface area contributed by atoms with Crippen LogP contribution in [0.2, 0.25) is 0 Å². The van der Waals surface area contributed by atoms with Crippen molar-refractivity contribution in [2.75, 3.05) is 18.0 Å². The van der Waals surface area contributed by atoms with Crippen LogP contribution in [0.4, 0.5) is 5.69 Å². The second-order valence-electron chi connectivity index (χ2n) is 6.19. The maximum Gasteiger partial charge on any atom is 0.311 e. The molecule has 23 heavy (non-hydrogen) atoms. The van der Waals surface area contributed by atoms with Gasteiger partial charge in [0.25, 0.3) is 0 Å². The number of carbonyl (C=O) groups is 3. The predicted molar refractivity (Wildman–Crippen MR) is 86.9 cm³/mol. The number of rotatable bonds is 5. The Hall–Kier alpha value is -1.89. The highest BCUT2D eigenvalue weighted by Gasteiger charge is 2.50. The average Bonchev–Trinajstić information content (AvgIpc) is 3.21. The van der Waals surface area contributed by atoms with E-state index in [0.29, 0.717) is 19.4 Å². The van der Waals surface area contributed by atoms with Crippen LogP contribution in [-0.4, -0.2) is 36.0 Å². The van der Waals surface area contributed by atoms with E-state index in [9.17, 15) is 14.4 Å². The lowest BCUT2D eigenvalue weighted by molar-refractivity contribution is -0.143. The Bertz CT molecular complexity index is 672.